The van der Waals surface area contributed by atoms with Gasteiger partial charge in [0.1, 0.15) is 23.7 Å². The van der Waals surface area contributed by atoms with Gasteiger partial charge >= 0.3 is 12.2 Å². The van der Waals surface area contributed by atoms with Crippen molar-refractivity contribution >= 4 is 56.8 Å². The molecule has 6 atom stereocenters. The molecule has 0 bridgehead atoms. The van der Waals surface area contributed by atoms with Gasteiger partial charge in [0.05, 0.1) is 41.3 Å². The van der Waals surface area contributed by atoms with Crippen LogP contribution in [-0.2, 0) is 14.3 Å². The molecule has 4 heterocycles. The maximum absolute atomic E-state index is 13.9. The monoisotopic (exact) mass is 774 g/mol. The van der Waals surface area contributed by atoms with E-state index >= 15 is 0 Å². The Balaban J connectivity index is 1.11. The summed E-state index contributed by atoms with van der Waals surface area (Å²) in [6.45, 7) is 11.5. The Morgan fingerprint density at radius 2 is 1.32 bits per heavy atom. The molecule has 5 aromatic rings. The minimum absolute atomic E-state index is 0.0187. The molecule has 4 amide bonds. The van der Waals surface area contributed by atoms with Crippen molar-refractivity contribution in [2.75, 3.05) is 7.11 Å². The third-order valence-electron chi connectivity index (χ3n) is 11.4. The highest BCUT2D eigenvalue weighted by molar-refractivity contribution is 6.04. The first-order valence-electron chi connectivity index (χ1n) is 19.7. The molecule has 3 aromatic carbocycles. The summed E-state index contributed by atoms with van der Waals surface area (Å²) in [6, 6.07) is 13.7. The van der Waals surface area contributed by atoms with E-state index in [1.165, 1.54) is 7.11 Å². The highest BCUT2D eigenvalue weighted by Crippen LogP contribution is 2.38. The minimum atomic E-state index is -1.22. The number of carbonyl (C=O) groups excluding carboxylic acids is 3. The van der Waals surface area contributed by atoms with Gasteiger partial charge in [-0.2, -0.15) is 0 Å². The lowest BCUT2D eigenvalue weighted by Gasteiger charge is -2.32. The summed E-state index contributed by atoms with van der Waals surface area (Å²) in [5.41, 5.74) is 4.90. The van der Waals surface area contributed by atoms with Gasteiger partial charge in [0, 0.05) is 28.6 Å². The number of rotatable bonds is 8. The third-order valence-corrected chi connectivity index (χ3v) is 11.4. The van der Waals surface area contributed by atoms with Gasteiger partial charge in [-0.1, -0.05) is 51.7 Å². The molecule has 2 saturated heterocycles. The van der Waals surface area contributed by atoms with Crippen LogP contribution < -0.4 is 10.6 Å². The maximum Gasteiger partial charge on any atom is 0.407 e. The van der Waals surface area contributed by atoms with Crippen LogP contribution in [-0.4, -0.2) is 90.1 Å². The molecule has 5 N–H and O–H groups in total. The van der Waals surface area contributed by atoms with Gasteiger partial charge in [0.15, 0.2) is 0 Å². The van der Waals surface area contributed by atoms with Crippen molar-refractivity contribution in [2.24, 2.45) is 11.8 Å². The Labute approximate surface area is 331 Å². The fourth-order valence-electron chi connectivity index (χ4n) is 8.38. The van der Waals surface area contributed by atoms with Gasteiger partial charge in [-0.15, -0.1) is 0 Å². The number of amides is 4. The molecule has 0 radical (unpaired) electrons. The number of hydrogen-bond acceptors (Lipinski definition) is 7. The highest BCUT2D eigenvalue weighted by atomic mass is 16.5. The van der Waals surface area contributed by atoms with E-state index < -0.39 is 24.3 Å². The number of imidazole rings is 2. The Bertz CT molecular complexity index is 2420. The summed E-state index contributed by atoms with van der Waals surface area (Å²) in [7, 11) is 1.29. The van der Waals surface area contributed by atoms with Crippen LogP contribution >= 0.6 is 0 Å². The van der Waals surface area contributed by atoms with Crippen LogP contribution in [0.4, 0.5) is 9.59 Å². The van der Waals surface area contributed by atoms with Gasteiger partial charge in [0.25, 0.3) is 0 Å². The van der Waals surface area contributed by atoms with Crippen molar-refractivity contribution in [2.45, 2.75) is 103 Å². The van der Waals surface area contributed by atoms with Crippen LogP contribution in [0.15, 0.2) is 48.5 Å². The largest absolute Gasteiger partial charge is 0.465 e. The number of methoxy groups -OCH3 is 1. The summed E-state index contributed by atoms with van der Waals surface area (Å²) in [4.78, 5) is 71.4. The average Bonchev–Trinajstić information content (AvgIpc) is 3.98. The molecule has 2 aliphatic rings. The zero-order chi connectivity index (χ0) is 40.7. The van der Waals surface area contributed by atoms with Crippen molar-refractivity contribution in [3.8, 4) is 11.8 Å². The Kier molecular flexibility index (Phi) is 10.9. The Morgan fingerprint density at radius 3 is 1.91 bits per heavy atom. The zero-order valence-electron chi connectivity index (χ0n) is 33.3. The number of ether oxygens (including phenoxy) is 1. The number of nitrogens with one attached hydrogen (secondary N) is 4. The van der Waals surface area contributed by atoms with E-state index in [1.807, 2.05) is 95.0 Å². The molecule has 14 nitrogen and oxygen atoms in total. The first-order valence-corrected chi connectivity index (χ1v) is 19.7. The first-order chi connectivity index (χ1) is 27.2. The second kappa shape index (κ2) is 15.8. The molecule has 2 fully saturated rings. The Hall–Kier alpha value is -6.10. The second-order valence-corrected chi connectivity index (χ2v) is 16.0. The molecule has 2 aliphatic heterocycles. The van der Waals surface area contributed by atoms with E-state index in [0.717, 1.165) is 69.6 Å². The lowest BCUT2D eigenvalue weighted by molar-refractivity contribution is -0.138. The second-order valence-electron chi connectivity index (χ2n) is 16.0. The number of carboxylic acid groups (broad SMARTS) is 1. The lowest BCUT2D eigenvalue weighted by atomic mass is 10.0. The smallest absolute Gasteiger partial charge is 0.407 e. The molecule has 0 saturated carbocycles. The number of H-pyrrole nitrogens is 2. The summed E-state index contributed by atoms with van der Waals surface area (Å²) in [6.07, 6.45) is 1.22. The van der Waals surface area contributed by atoms with E-state index in [1.54, 1.807) is 4.90 Å². The van der Waals surface area contributed by atoms with E-state index in [-0.39, 0.29) is 47.8 Å². The summed E-state index contributed by atoms with van der Waals surface area (Å²) < 4.78 is 4.80. The molecule has 0 spiro atoms. The van der Waals surface area contributed by atoms with Gasteiger partial charge < -0.3 is 40.2 Å². The molecule has 7 rings (SSSR count). The molecule has 298 valence electrons. The summed E-state index contributed by atoms with van der Waals surface area (Å²) in [5.74, 6) is 7.24. The van der Waals surface area contributed by atoms with Crippen molar-refractivity contribution in [3.63, 3.8) is 0 Å². The van der Waals surface area contributed by atoms with Gasteiger partial charge in [-0.3, -0.25) is 9.59 Å². The van der Waals surface area contributed by atoms with Crippen molar-refractivity contribution in [1.29, 1.82) is 0 Å². The molecule has 0 aliphatic carbocycles. The quantitative estimate of drug-likeness (QED) is 0.107. The van der Waals surface area contributed by atoms with Crippen LogP contribution in [0.25, 0.3) is 32.8 Å². The van der Waals surface area contributed by atoms with Crippen LogP contribution in [0.2, 0.25) is 0 Å². The van der Waals surface area contributed by atoms with Gasteiger partial charge in [-0.25, -0.2) is 19.6 Å². The first kappa shape index (κ1) is 39.1. The molecular formula is C43H50N8O6. The predicted octanol–water partition coefficient (Wildman–Crippen LogP) is 6.77. The SMILES string of the molecule is COC(=O)N[C@H](C(=O)N1C(C)CCC1c1nc2c(ccc3cc(C#Cc4ccc5nc([C@@H]6CC[C@H](C)N6C(=O)[C@@H](NC(=O)O)C(C)C)[nH]c5c4)ccc32)[nH]1)C(C)C. The standard InChI is InChI=1S/C43H50N8O6/c1-22(2)35(48-42(54)55)40(52)50-24(5)8-18-33(50)38-44-30-16-13-27(21-32(30)46-38)11-10-26-12-15-29-28(20-26)14-17-31-37(29)47-39(45-31)34-19-9-25(6)51(34)41(53)36(23(3)4)49-43(56)57-7/h12-17,20-25,33-36,48H,8-9,18-19H2,1-7H3,(H,44,46)(H,45,47)(H,49,56)(H,54,55)/t24-,25?,33-,34?,35-,36-/m0/s1. The number of benzene rings is 3. The van der Waals surface area contributed by atoms with Crippen LogP contribution in [0.3, 0.4) is 0 Å². The van der Waals surface area contributed by atoms with E-state index in [9.17, 15) is 24.3 Å². The van der Waals surface area contributed by atoms with Gasteiger partial charge in [-0.05, 0) is 93.2 Å². The molecule has 57 heavy (non-hydrogen) atoms. The van der Waals surface area contributed by atoms with Crippen LogP contribution in [0.5, 0.6) is 0 Å². The zero-order valence-corrected chi connectivity index (χ0v) is 33.3. The maximum atomic E-state index is 13.9. The van der Waals surface area contributed by atoms with E-state index in [0.29, 0.717) is 11.6 Å². The number of carbonyl (C=O) groups is 4. The normalized spacial score (nSPS) is 20.6. The topological polar surface area (TPSA) is 186 Å². The number of alkyl carbamates (subject to hydrolysis) is 1. The predicted molar refractivity (Wildman–Crippen MR) is 216 cm³/mol. The number of fused-ring (bicyclic) bond motifs is 4. The van der Waals surface area contributed by atoms with E-state index in [2.05, 4.69) is 32.4 Å². The fourth-order valence-corrected chi connectivity index (χ4v) is 8.38. The number of hydrogen-bond donors (Lipinski definition) is 5. The molecule has 2 unspecified atom stereocenters. The number of likely N-dealkylation sites (tertiary alicyclic amines) is 2. The van der Waals surface area contributed by atoms with Crippen molar-refractivity contribution in [1.82, 2.24) is 40.4 Å². The average molecular weight is 775 g/mol. The summed E-state index contributed by atoms with van der Waals surface area (Å²) in [5, 5.41) is 16.5. The highest BCUT2D eigenvalue weighted by Gasteiger charge is 2.42. The fraction of sp³-hybridized carbons (Fsp3) is 0.442. The molecule has 2 aromatic heterocycles. The lowest BCUT2D eigenvalue weighted by Crippen LogP contribution is -2.52. The van der Waals surface area contributed by atoms with Gasteiger partial charge in [0.2, 0.25) is 11.8 Å². The minimum Gasteiger partial charge on any atom is -0.465 e. The van der Waals surface area contributed by atoms with Crippen LogP contribution in [0, 0.1) is 23.7 Å². The number of nitrogens with zero attached hydrogens (tertiary/aromatic N) is 4. The number of aromatic nitrogens is 4. The third kappa shape index (κ3) is 7.70. The Morgan fingerprint density at radius 1 is 0.754 bits per heavy atom. The molecule has 14 heteroatoms. The number of aromatic amines is 2. The van der Waals surface area contributed by atoms with Crippen molar-refractivity contribution in [3.05, 3.63) is 71.3 Å². The van der Waals surface area contributed by atoms with Crippen molar-refractivity contribution < 1.29 is 29.0 Å². The molecular weight excluding hydrogens is 725 g/mol. The van der Waals surface area contributed by atoms with Crippen LogP contribution in [0.1, 0.15) is 102 Å². The summed E-state index contributed by atoms with van der Waals surface area (Å²) >= 11 is 0. The van der Waals surface area contributed by atoms with E-state index in [4.69, 9.17) is 14.7 Å².